The van der Waals surface area contributed by atoms with Crippen molar-refractivity contribution < 1.29 is 5.11 Å². The molecule has 0 atom stereocenters. The van der Waals surface area contributed by atoms with Crippen molar-refractivity contribution in [2.45, 2.75) is 6.54 Å². The molecule has 108 valence electrons. The smallest absolute Gasteiger partial charge is 0.183 e. The minimum atomic E-state index is 0.135. The van der Waals surface area contributed by atoms with Crippen LogP contribution in [0.25, 0.3) is 16.8 Å². The number of hydrogen-bond donors (Lipinski definition) is 1. The summed E-state index contributed by atoms with van der Waals surface area (Å²) in [7, 11) is 1.96. The van der Waals surface area contributed by atoms with Gasteiger partial charge in [0, 0.05) is 30.4 Å². The Labute approximate surface area is 122 Å². The molecular formula is C15H17N5O. The average Bonchev–Trinajstić information content (AvgIpc) is 2.97. The maximum absolute atomic E-state index is 9.03. The second kappa shape index (κ2) is 5.99. The van der Waals surface area contributed by atoms with Crippen molar-refractivity contribution >= 4 is 5.65 Å². The van der Waals surface area contributed by atoms with Crippen molar-refractivity contribution in [1.82, 2.24) is 24.9 Å². The molecule has 0 aliphatic rings. The zero-order valence-electron chi connectivity index (χ0n) is 11.8. The quantitative estimate of drug-likeness (QED) is 0.762. The average molecular weight is 283 g/mol. The van der Waals surface area contributed by atoms with Crippen LogP contribution in [0.2, 0.25) is 0 Å². The molecular weight excluding hydrogens is 266 g/mol. The Bertz CT molecular complexity index is 725. The number of pyridine rings is 1. The summed E-state index contributed by atoms with van der Waals surface area (Å²) in [5, 5.41) is 20.9. The molecule has 0 bridgehead atoms. The number of aliphatic hydroxyl groups is 1. The third kappa shape index (κ3) is 2.91. The van der Waals surface area contributed by atoms with Crippen LogP contribution in [0.15, 0.2) is 42.6 Å². The van der Waals surface area contributed by atoms with E-state index >= 15 is 0 Å². The SMILES string of the molecule is CN(CCO)Cc1cc(-c2ccccc2)cn2nnnc12. The number of likely N-dealkylation sites (N-methyl/N-ethyl adjacent to an activating group) is 1. The van der Waals surface area contributed by atoms with E-state index in [0.29, 0.717) is 13.1 Å². The summed E-state index contributed by atoms with van der Waals surface area (Å²) < 4.78 is 1.70. The lowest BCUT2D eigenvalue weighted by molar-refractivity contribution is 0.217. The first-order valence-corrected chi connectivity index (χ1v) is 6.83. The van der Waals surface area contributed by atoms with Crippen molar-refractivity contribution in [2.75, 3.05) is 20.2 Å². The van der Waals surface area contributed by atoms with Crippen molar-refractivity contribution in [3.8, 4) is 11.1 Å². The first-order chi connectivity index (χ1) is 10.3. The van der Waals surface area contributed by atoms with Gasteiger partial charge in [-0.25, -0.2) is 0 Å². The van der Waals surface area contributed by atoms with Gasteiger partial charge in [-0.3, -0.25) is 4.90 Å². The van der Waals surface area contributed by atoms with Gasteiger partial charge in [-0.2, -0.15) is 4.52 Å². The minimum absolute atomic E-state index is 0.135. The zero-order valence-corrected chi connectivity index (χ0v) is 11.8. The Morgan fingerprint density at radius 1 is 1.19 bits per heavy atom. The van der Waals surface area contributed by atoms with Gasteiger partial charge in [0.15, 0.2) is 5.65 Å². The molecule has 1 aromatic carbocycles. The fraction of sp³-hybridized carbons (Fsp3) is 0.267. The molecule has 0 fully saturated rings. The molecule has 0 radical (unpaired) electrons. The Hall–Kier alpha value is -2.31. The van der Waals surface area contributed by atoms with Crippen molar-refractivity contribution in [3.05, 3.63) is 48.2 Å². The number of nitrogens with zero attached hydrogens (tertiary/aromatic N) is 5. The predicted molar refractivity (Wildman–Crippen MR) is 79.6 cm³/mol. The molecule has 0 aliphatic heterocycles. The van der Waals surface area contributed by atoms with E-state index in [1.54, 1.807) is 4.52 Å². The van der Waals surface area contributed by atoms with Gasteiger partial charge >= 0.3 is 0 Å². The number of aliphatic hydroxyl groups excluding tert-OH is 1. The van der Waals surface area contributed by atoms with E-state index in [1.165, 1.54) is 0 Å². The van der Waals surface area contributed by atoms with Crippen LogP contribution in [-0.4, -0.2) is 50.2 Å². The number of benzene rings is 1. The minimum Gasteiger partial charge on any atom is -0.395 e. The van der Waals surface area contributed by atoms with Crippen LogP contribution in [0.4, 0.5) is 0 Å². The van der Waals surface area contributed by atoms with E-state index in [9.17, 15) is 0 Å². The summed E-state index contributed by atoms with van der Waals surface area (Å²) in [5.41, 5.74) is 3.99. The van der Waals surface area contributed by atoms with Gasteiger partial charge in [0.05, 0.1) is 6.61 Å². The van der Waals surface area contributed by atoms with Gasteiger partial charge in [0.1, 0.15) is 0 Å². The van der Waals surface area contributed by atoms with Crippen molar-refractivity contribution in [2.24, 2.45) is 0 Å². The predicted octanol–water partition coefficient (Wildman–Crippen LogP) is 1.22. The molecule has 0 aliphatic carbocycles. The highest BCUT2D eigenvalue weighted by Crippen LogP contribution is 2.22. The van der Waals surface area contributed by atoms with Gasteiger partial charge in [0.25, 0.3) is 0 Å². The molecule has 2 aromatic heterocycles. The van der Waals surface area contributed by atoms with Crippen LogP contribution in [0.1, 0.15) is 5.56 Å². The van der Waals surface area contributed by atoms with Gasteiger partial charge < -0.3 is 5.11 Å². The number of tetrazole rings is 1. The van der Waals surface area contributed by atoms with Crippen LogP contribution >= 0.6 is 0 Å². The highest BCUT2D eigenvalue weighted by Gasteiger charge is 2.10. The van der Waals surface area contributed by atoms with E-state index in [1.807, 2.05) is 36.3 Å². The second-order valence-electron chi connectivity index (χ2n) is 5.03. The van der Waals surface area contributed by atoms with Crippen LogP contribution in [0.3, 0.4) is 0 Å². The Morgan fingerprint density at radius 3 is 2.76 bits per heavy atom. The van der Waals surface area contributed by atoms with Gasteiger partial charge in [-0.05, 0) is 29.1 Å². The molecule has 0 spiro atoms. The third-order valence-corrected chi connectivity index (χ3v) is 3.40. The van der Waals surface area contributed by atoms with E-state index in [2.05, 4.69) is 33.7 Å². The van der Waals surface area contributed by atoms with Gasteiger partial charge in [-0.15, -0.1) is 5.10 Å². The van der Waals surface area contributed by atoms with Crippen LogP contribution in [-0.2, 0) is 6.54 Å². The molecule has 6 heteroatoms. The topological polar surface area (TPSA) is 66.5 Å². The molecule has 0 amide bonds. The maximum atomic E-state index is 9.03. The highest BCUT2D eigenvalue weighted by molar-refractivity contribution is 5.66. The monoisotopic (exact) mass is 283 g/mol. The first kappa shape index (κ1) is 13.7. The summed E-state index contributed by atoms with van der Waals surface area (Å²) in [6, 6.07) is 12.2. The molecule has 3 rings (SSSR count). The third-order valence-electron chi connectivity index (χ3n) is 3.40. The van der Waals surface area contributed by atoms with E-state index in [0.717, 1.165) is 22.3 Å². The molecule has 21 heavy (non-hydrogen) atoms. The summed E-state index contributed by atoms with van der Waals surface area (Å²) in [5.74, 6) is 0. The fourth-order valence-corrected chi connectivity index (χ4v) is 2.36. The standard InChI is InChI=1S/C15H17N5O/c1-19(7-8-21)10-14-9-13(12-5-3-2-4-6-12)11-20-15(14)16-17-18-20/h2-6,9,11,21H,7-8,10H2,1H3. The largest absolute Gasteiger partial charge is 0.395 e. The molecule has 6 nitrogen and oxygen atoms in total. The molecule has 0 unspecified atom stereocenters. The summed E-state index contributed by atoms with van der Waals surface area (Å²) in [6.07, 6.45) is 1.93. The number of rotatable bonds is 5. The lowest BCUT2D eigenvalue weighted by Crippen LogP contribution is -2.22. The Morgan fingerprint density at radius 2 is 2.00 bits per heavy atom. The molecule has 0 saturated heterocycles. The second-order valence-corrected chi connectivity index (χ2v) is 5.03. The van der Waals surface area contributed by atoms with E-state index in [-0.39, 0.29) is 6.61 Å². The van der Waals surface area contributed by atoms with E-state index in [4.69, 9.17) is 5.11 Å². The van der Waals surface area contributed by atoms with Crippen LogP contribution < -0.4 is 0 Å². The lowest BCUT2D eigenvalue weighted by Gasteiger charge is -2.16. The van der Waals surface area contributed by atoms with Crippen molar-refractivity contribution in [3.63, 3.8) is 0 Å². The Balaban J connectivity index is 2.03. The number of hydrogen-bond acceptors (Lipinski definition) is 5. The normalized spacial score (nSPS) is 11.4. The molecule has 2 heterocycles. The van der Waals surface area contributed by atoms with Gasteiger partial charge in [-0.1, -0.05) is 30.3 Å². The van der Waals surface area contributed by atoms with Crippen LogP contribution in [0, 0.1) is 0 Å². The number of fused-ring (bicyclic) bond motifs is 1. The highest BCUT2D eigenvalue weighted by atomic mass is 16.3. The van der Waals surface area contributed by atoms with E-state index < -0.39 is 0 Å². The van der Waals surface area contributed by atoms with Gasteiger partial charge in [0.2, 0.25) is 0 Å². The number of aromatic nitrogens is 4. The molecule has 0 saturated carbocycles. The van der Waals surface area contributed by atoms with Crippen LogP contribution in [0.5, 0.6) is 0 Å². The summed E-state index contributed by atoms with van der Waals surface area (Å²) in [4.78, 5) is 2.04. The lowest BCUT2D eigenvalue weighted by atomic mass is 10.1. The van der Waals surface area contributed by atoms with Crippen molar-refractivity contribution in [1.29, 1.82) is 0 Å². The first-order valence-electron chi connectivity index (χ1n) is 6.83. The summed E-state index contributed by atoms with van der Waals surface area (Å²) >= 11 is 0. The summed E-state index contributed by atoms with van der Waals surface area (Å²) in [6.45, 7) is 1.44. The maximum Gasteiger partial charge on any atom is 0.183 e. The zero-order chi connectivity index (χ0) is 14.7. The molecule has 3 aromatic rings. The fourth-order valence-electron chi connectivity index (χ4n) is 2.36. The molecule has 1 N–H and O–H groups in total. The Kier molecular flexibility index (Phi) is 3.89.